The van der Waals surface area contributed by atoms with Gasteiger partial charge in [0.15, 0.2) is 0 Å². The average Bonchev–Trinajstić information content (AvgIpc) is 2.66. The molecule has 3 rings (SSSR count). The molecule has 1 amide bonds. The van der Waals surface area contributed by atoms with E-state index in [1.54, 1.807) is 24.4 Å². The highest BCUT2D eigenvalue weighted by atomic mass is 16.4. The first kappa shape index (κ1) is 19.5. The van der Waals surface area contributed by atoms with E-state index in [1.807, 2.05) is 36.4 Å². The van der Waals surface area contributed by atoms with Gasteiger partial charge in [-0.15, -0.1) is 0 Å². The first-order valence-corrected chi connectivity index (χ1v) is 9.22. The molecule has 144 valence electrons. The second-order valence-electron chi connectivity index (χ2n) is 7.90. The Balaban J connectivity index is 1.79. The van der Waals surface area contributed by atoms with E-state index in [0.717, 1.165) is 10.9 Å². The van der Waals surface area contributed by atoms with Crippen LogP contribution in [0.5, 0.6) is 0 Å². The number of para-hydroxylation sites is 1. The number of hydrogen-bond acceptors (Lipinski definition) is 3. The summed E-state index contributed by atoms with van der Waals surface area (Å²) in [5.41, 5.74) is 2.99. The Hall–Kier alpha value is -3.21. The minimum Gasteiger partial charge on any atom is -0.480 e. The first-order chi connectivity index (χ1) is 13.3. The maximum Gasteiger partial charge on any atom is 0.326 e. The molecule has 0 aliphatic rings. The Bertz CT molecular complexity index is 999. The van der Waals surface area contributed by atoms with Crippen molar-refractivity contribution in [1.29, 1.82) is 0 Å². The number of carboxylic acids is 1. The zero-order valence-corrected chi connectivity index (χ0v) is 16.3. The highest BCUT2D eigenvalue weighted by Gasteiger charge is 2.23. The molecule has 3 aromatic rings. The third kappa shape index (κ3) is 4.36. The summed E-state index contributed by atoms with van der Waals surface area (Å²) in [4.78, 5) is 28.7. The van der Waals surface area contributed by atoms with Crippen molar-refractivity contribution in [3.63, 3.8) is 0 Å². The summed E-state index contributed by atoms with van der Waals surface area (Å²) in [7, 11) is 0. The highest BCUT2D eigenvalue weighted by Crippen LogP contribution is 2.22. The van der Waals surface area contributed by atoms with Crippen LogP contribution in [0.15, 0.2) is 60.8 Å². The summed E-state index contributed by atoms with van der Waals surface area (Å²) < 4.78 is 0. The average molecular weight is 376 g/mol. The SMILES string of the molecule is CC(C)(C)c1ccc(C[C@H](NC(=O)c2cccc3cccnc23)C(=O)O)cc1. The molecule has 0 fully saturated rings. The van der Waals surface area contributed by atoms with Crippen molar-refractivity contribution in [3.8, 4) is 0 Å². The van der Waals surface area contributed by atoms with Crippen LogP contribution in [0.1, 0.15) is 42.3 Å². The van der Waals surface area contributed by atoms with Crippen molar-refractivity contribution in [3.05, 3.63) is 77.5 Å². The second-order valence-corrected chi connectivity index (χ2v) is 7.90. The van der Waals surface area contributed by atoms with Crippen molar-refractivity contribution in [2.45, 2.75) is 38.6 Å². The number of rotatable bonds is 5. The molecule has 0 aliphatic heterocycles. The number of amides is 1. The summed E-state index contributed by atoms with van der Waals surface area (Å²) in [5.74, 6) is -1.51. The monoisotopic (exact) mass is 376 g/mol. The number of pyridine rings is 1. The number of benzene rings is 2. The van der Waals surface area contributed by atoms with Crippen LogP contribution in [-0.2, 0) is 16.6 Å². The smallest absolute Gasteiger partial charge is 0.326 e. The summed E-state index contributed by atoms with van der Waals surface area (Å²) in [5, 5.41) is 13.1. The van der Waals surface area contributed by atoms with Gasteiger partial charge in [0.05, 0.1) is 11.1 Å². The normalized spacial score (nSPS) is 12.5. The van der Waals surface area contributed by atoms with Crippen LogP contribution in [0.25, 0.3) is 10.9 Å². The van der Waals surface area contributed by atoms with E-state index in [4.69, 9.17) is 0 Å². The summed E-state index contributed by atoms with van der Waals surface area (Å²) in [6.45, 7) is 6.38. The number of aromatic nitrogens is 1. The fraction of sp³-hybridized carbons (Fsp3) is 0.261. The van der Waals surface area contributed by atoms with E-state index in [1.165, 1.54) is 5.56 Å². The van der Waals surface area contributed by atoms with Gasteiger partial charge in [0.1, 0.15) is 6.04 Å². The largest absolute Gasteiger partial charge is 0.480 e. The fourth-order valence-corrected chi connectivity index (χ4v) is 3.10. The van der Waals surface area contributed by atoms with Crippen LogP contribution in [0.2, 0.25) is 0 Å². The number of nitrogens with one attached hydrogen (secondary N) is 1. The van der Waals surface area contributed by atoms with E-state index >= 15 is 0 Å². The lowest BCUT2D eigenvalue weighted by Crippen LogP contribution is -2.42. The molecule has 0 spiro atoms. The van der Waals surface area contributed by atoms with Gasteiger partial charge in [-0.25, -0.2) is 4.79 Å². The zero-order chi connectivity index (χ0) is 20.3. The maximum atomic E-state index is 12.7. The lowest BCUT2D eigenvalue weighted by Gasteiger charge is -2.20. The van der Waals surface area contributed by atoms with Crippen LogP contribution < -0.4 is 5.32 Å². The van der Waals surface area contributed by atoms with E-state index in [9.17, 15) is 14.7 Å². The summed E-state index contributed by atoms with van der Waals surface area (Å²) in [6.07, 6.45) is 1.83. The molecule has 1 heterocycles. The lowest BCUT2D eigenvalue weighted by atomic mass is 9.86. The van der Waals surface area contributed by atoms with E-state index in [-0.39, 0.29) is 11.8 Å². The topological polar surface area (TPSA) is 79.3 Å². The minimum absolute atomic E-state index is 0.0281. The summed E-state index contributed by atoms with van der Waals surface area (Å²) >= 11 is 0. The molecule has 28 heavy (non-hydrogen) atoms. The number of fused-ring (bicyclic) bond motifs is 1. The molecular weight excluding hydrogens is 352 g/mol. The first-order valence-electron chi connectivity index (χ1n) is 9.22. The quantitative estimate of drug-likeness (QED) is 0.706. The van der Waals surface area contributed by atoms with Gasteiger partial charge in [-0.2, -0.15) is 0 Å². The Kier molecular flexibility index (Phi) is 5.45. The van der Waals surface area contributed by atoms with Gasteiger partial charge in [0.25, 0.3) is 5.91 Å². The molecule has 0 saturated carbocycles. The van der Waals surface area contributed by atoms with Crippen LogP contribution in [-0.4, -0.2) is 28.0 Å². The second kappa shape index (κ2) is 7.80. The molecule has 1 atom stereocenters. The molecule has 5 heteroatoms. The Morgan fingerprint density at radius 2 is 1.71 bits per heavy atom. The van der Waals surface area contributed by atoms with Gasteiger partial charge in [-0.1, -0.05) is 63.2 Å². The molecule has 0 saturated heterocycles. The molecule has 2 aromatic carbocycles. The maximum absolute atomic E-state index is 12.7. The zero-order valence-electron chi connectivity index (χ0n) is 16.3. The van der Waals surface area contributed by atoms with Crippen molar-refractivity contribution in [2.75, 3.05) is 0 Å². The van der Waals surface area contributed by atoms with Crippen LogP contribution in [0.4, 0.5) is 0 Å². The number of carbonyl (C=O) groups is 2. The predicted octanol–water partition coefficient (Wildman–Crippen LogP) is 3.96. The number of carboxylic acid groups (broad SMARTS) is 1. The molecule has 0 bridgehead atoms. The number of nitrogens with zero attached hydrogens (tertiary/aromatic N) is 1. The number of carbonyl (C=O) groups excluding carboxylic acids is 1. The van der Waals surface area contributed by atoms with Crippen molar-refractivity contribution in [2.24, 2.45) is 0 Å². The summed E-state index contributed by atoms with van der Waals surface area (Å²) in [6, 6.07) is 15.8. The van der Waals surface area contributed by atoms with Gasteiger partial charge < -0.3 is 10.4 Å². The predicted molar refractivity (Wildman–Crippen MR) is 109 cm³/mol. The number of hydrogen-bond donors (Lipinski definition) is 2. The third-order valence-corrected chi connectivity index (χ3v) is 4.74. The van der Waals surface area contributed by atoms with Gasteiger partial charge >= 0.3 is 5.97 Å². The molecule has 1 aromatic heterocycles. The minimum atomic E-state index is -1.07. The molecule has 5 nitrogen and oxygen atoms in total. The van der Waals surface area contributed by atoms with E-state index in [2.05, 4.69) is 31.1 Å². The van der Waals surface area contributed by atoms with Crippen molar-refractivity contribution in [1.82, 2.24) is 10.3 Å². The molecule has 0 radical (unpaired) electrons. The molecule has 0 unspecified atom stereocenters. The fourth-order valence-electron chi connectivity index (χ4n) is 3.10. The van der Waals surface area contributed by atoms with Crippen LogP contribution in [0, 0.1) is 0 Å². The van der Waals surface area contributed by atoms with Crippen LogP contribution >= 0.6 is 0 Å². The highest BCUT2D eigenvalue weighted by molar-refractivity contribution is 6.06. The molecule has 0 aliphatic carbocycles. The van der Waals surface area contributed by atoms with Gasteiger partial charge in [-0.05, 0) is 28.7 Å². The van der Waals surface area contributed by atoms with E-state index < -0.39 is 17.9 Å². The number of aliphatic carboxylic acids is 1. The molecule has 2 N–H and O–H groups in total. The van der Waals surface area contributed by atoms with Gasteiger partial charge in [-0.3, -0.25) is 9.78 Å². The van der Waals surface area contributed by atoms with Crippen LogP contribution in [0.3, 0.4) is 0 Å². The Morgan fingerprint density at radius 1 is 1.04 bits per heavy atom. The van der Waals surface area contributed by atoms with Gasteiger partial charge in [0, 0.05) is 18.0 Å². The van der Waals surface area contributed by atoms with Crippen molar-refractivity contribution >= 4 is 22.8 Å². The standard InChI is InChI=1S/C23H24N2O3/c1-23(2,3)17-11-9-15(10-12-17)14-19(22(27)28)25-21(26)18-8-4-6-16-7-5-13-24-20(16)18/h4-13,19H,14H2,1-3H3,(H,25,26)(H,27,28)/t19-/m0/s1. The Morgan fingerprint density at radius 3 is 2.36 bits per heavy atom. The van der Waals surface area contributed by atoms with Gasteiger partial charge in [0.2, 0.25) is 0 Å². The van der Waals surface area contributed by atoms with E-state index in [0.29, 0.717) is 11.1 Å². The third-order valence-electron chi connectivity index (χ3n) is 4.74. The lowest BCUT2D eigenvalue weighted by molar-refractivity contribution is -0.139. The Labute approximate surface area is 164 Å². The molecular formula is C23H24N2O3. The van der Waals surface area contributed by atoms with Crippen molar-refractivity contribution < 1.29 is 14.7 Å².